The Balaban J connectivity index is 1.74. The molecule has 0 saturated carbocycles. The normalized spacial score (nSPS) is 12.4. The molecule has 1 heterocycles. The zero-order valence-corrected chi connectivity index (χ0v) is 17.0. The third-order valence-corrected chi connectivity index (χ3v) is 5.49. The van der Waals surface area contributed by atoms with Crippen LogP contribution in [0.4, 0.5) is 0 Å². The maximum absolute atomic E-state index is 12.2. The fourth-order valence-corrected chi connectivity index (χ4v) is 3.76. The van der Waals surface area contributed by atoms with Crippen molar-refractivity contribution in [3.05, 3.63) is 52.9 Å². The first kappa shape index (κ1) is 21.1. The van der Waals surface area contributed by atoms with E-state index in [1.165, 1.54) is 18.4 Å². The van der Waals surface area contributed by atoms with E-state index in [1.54, 1.807) is 31.2 Å². The Kier molecular flexibility index (Phi) is 7.57. The lowest BCUT2D eigenvalue weighted by molar-refractivity contribution is -0.128. The first-order chi connectivity index (χ1) is 12.8. The molecule has 0 bridgehead atoms. The van der Waals surface area contributed by atoms with Gasteiger partial charge in [0.05, 0.1) is 17.7 Å². The molecule has 0 saturated heterocycles. The van der Waals surface area contributed by atoms with Crippen LogP contribution in [0.3, 0.4) is 0 Å². The second kappa shape index (κ2) is 9.67. The number of hydrogen-bond acceptors (Lipinski definition) is 5. The Hall–Kier alpha value is -2.17. The van der Waals surface area contributed by atoms with Crippen LogP contribution < -0.4 is 15.4 Å². The number of carbonyl (C=O) groups excluding carboxylic acids is 2. The van der Waals surface area contributed by atoms with Gasteiger partial charge in [-0.3, -0.25) is 9.59 Å². The van der Waals surface area contributed by atoms with Crippen molar-refractivity contribution in [2.45, 2.75) is 30.8 Å². The summed E-state index contributed by atoms with van der Waals surface area (Å²) in [6.07, 6.45) is 1.41. The molecule has 1 aromatic carbocycles. The molecular formula is C17H20BrN3O5S. The number of nitrogens with one attached hydrogen (secondary N) is 3. The summed E-state index contributed by atoms with van der Waals surface area (Å²) in [5.74, 6) is -0.203. The quantitative estimate of drug-likeness (QED) is 0.527. The van der Waals surface area contributed by atoms with E-state index in [4.69, 9.17) is 4.42 Å². The molecule has 0 aliphatic carbocycles. The van der Waals surface area contributed by atoms with Gasteiger partial charge in [-0.15, -0.1) is 0 Å². The third kappa shape index (κ3) is 6.81. The molecule has 3 N–H and O–H groups in total. The summed E-state index contributed by atoms with van der Waals surface area (Å²) in [6, 6.07) is 8.92. The summed E-state index contributed by atoms with van der Waals surface area (Å²) in [5, 5.41) is 5.15. The highest BCUT2D eigenvalue weighted by molar-refractivity contribution is 9.10. The van der Waals surface area contributed by atoms with Crippen molar-refractivity contribution in [3.8, 4) is 0 Å². The zero-order valence-electron chi connectivity index (χ0n) is 14.6. The van der Waals surface area contributed by atoms with E-state index in [2.05, 4.69) is 31.3 Å². The monoisotopic (exact) mass is 457 g/mol. The standard InChI is InChI=1S/C17H20BrN3O5S/c1-12(17(23)19-11-14-5-3-9-26-14)21-16(22)7-8-20-27(24,25)15-6-2-4-13(18)10-15/h2-6,9-10,12,20H,7-8,11H2,1H3,(H,19,23)(H,21,22). The van der Waals surface area contributed by atoms with Crippen LogP contribution in [0.1, 0.15) is 19.1 Å². The van der Waals surface area contributed by atoms with E-state index >= 15 is 0 Å². The number of halogens is 1. The SMILES string of the molecule is CC(NC(=O)CCNS(=O)(=O)c1cccc(Br)c1)C(=O)NCc1ccco1. The van der Waals surface area contributed by atoms with Crippen molar-refractivity contribution in [3.63, 3.8) is 0 Å². The molecule has 2 rings (SSSR count). The van der Waals surface area contributed by atoms with Gasteiger partial charge < -0.3 is 15.1 Å². The maximum Gasteiger partial charge on any atom is 0.242 e. The molecule has 0 radical (unpaired) electrons. The molecule has 0 aliphatic rings. The van der Waals surface area contributed by atoms with Gasteiger partial charge >= 0.3 is 0 Å². The average Bonchev–Trinajstić information content (AvgIpc) is 3.13. The predicted octanol–water partition coefficient (Wildman–Crippen LogP) is 1.53. The second-order valence-electron chi connectivity index (χ2n) is 5.69. The number of sulfonamides is 1. The maximum atomic E-state index is 12.2. The number of amides is 2. The molecule has 1 aromatic heterocycles. The lowest BCUT2D eigenvalue weighted by Gasteiger charge is -2.14. The van der Waals surface area contributed by atoms with Crippen LogP contribution >= 0.6 is 15.9 Å². The Morgan fingerprint density at radius 1 is 1.22 bits per heavy atom. The number of hydrogen-bond donors (Lipinski definition) is 3. The fraction of sp³-hybridized carbons (Fsp3) is 0.294. The van der Waals surface area contributed by atoms with E-state index in [0.717, 1.165) is 0 Å². The minimum Gasteiger partial charge on any atom is -0.467 e. The minimum atomic E-state index is -3.71. The molecule has 10 heteroatoms. The van der Waals surface area contributed by atoms with Gasteiger partial charge in [-0.25, -0.2) is 13.1 Å². The van der Waals surface area contributed by atoms with Crippen molar-refractivity contribution in [1.82, 2.24) is 15.4 Å². The fourth-order valence-electron chi connectivity index (χ4n) is 2.14. The van der Waals surface area contributed by atoms with E-state index in [1.807, 2.05) is 0 Å². The molecule has 8 nitrogen and oxygen atoms in total. The summed E-state index contributed by atoms with van der Waals surface area (Å²) >= 11 is 3.21. The zero-order chi connectivity index (χ0) is 19.9. The largest absolute Gasteiger partial charge is 0.467 e. The number of carbonyl (C=O) groups is 2. The molecular weight excluding hydrogens is 438 g/mol. The Morgan fingerprint density at radius 2 is 2.00 bits per heavy atom. The van der Waals surface area contributed by atoms with E-state index in [-0.39, 0.29) is 30.3 Å². The molecule has 146 valence electrons. The molecule has 2 amide bonds. The van der Waals surface area contributed by atoms with Gasteiger partial charge in [0, 0.05) is 17.4 Å². The van der Waals surface area contributed by atoms with Crippen LogP contribution in [-0.2, 0) is 26.2 Å². The van der Waals surface area contributed by atoms with E-state index in [9.17, 15) is 18.0 Å². The van der Waals surface area contributed by atoms with Crippen molar-refractivity contribution in [2.75, 3.05) is 6.54 Å². The predicted molar refractivity (Wildman–Crippen MR) is 102 cm³/mol. The van der Waals surface area contributed by atoms with Gasteiger partial charge in [-0.05, 0) is 37.3 Å². The molecule has 0 aliphatic heterocycles. The molecule has 2 aromatic rings. The smallest absolute Gasteiger partial charge is 0.242 e. The van der Waals surface area contributed by atoms with Crippen molar-refractivity contribution < 1.29 is 22.4 Å². The highest BCUT2D eigenvalue weighted by Crippen LogP contribution is 2.15. The van der Waals surface area contributed by atoms with E-state index < -0.39 is 22.0 Å². The highest BCUT2D eigenvalue weighted by Gasteiger charge is 2.17. The molecule has 0 fully saturated rings. The van der Waals surface area contributed by atoms with Crippen LogP contribution in [0.15, 0.2) is 56.4 Å². The lowest BCUT2D eigenvalue weighted by Crippen LogP contribution is -2.45. The van der Waals surface area contributed by atoms with Crippen LogP contribution in [0.25, 0.3) is 0 Å². The van der Waals surface area contributed by atoms with Crippen molar-refractivity contribution in [1.29, 1.82) is 0 Å². The van der Waals surface area contributed by atoms with E-state index in [0.29, 0.717) is 10.2 Å². The van der Waals surface area contributed by atoms with Crippen LogP contribution in [0.2, 0.25) is 0 Å². The number of benzene rings is 1. The number of furan rings is 1. The van der Waals surface area contributed by atoms with Gasteiger partial charge in [0.2, 0.25) is 21.8 Å². The Labute approximate surface area is 165 Å². The van der Waals surface area contributed by atoms with Gasteiger partial charge in [-0.1, -0.05) is 22.0 Å². The topological polar surface area (TPSA) is 118 Å². The van der Waals surface area contributed by atoms with Crippen LogP contribution in [0.5, 0.6) is 0 Å². The minimum absolute atomic E-state index is 0.0819. The van der Waals surface area contributed by atoms with Crippen molar-refractivity contribution in [2.24, 2.45) is 0 Å². The van der Waals surface area contributed by atoms with Gasteiger partial charge in [0.15, 0.2) is 0 Å². The van der Waals surface area contributed by atoms with Gasteiger partial charge in [0.25, 0.3) is 0 Å². The summed E-state index contributed by atoms with van der Waals surface area (Å²) in [6.45, 7) is 1.68. The average molecular weight is 458 g/mol. The number of rotatable bonds is 9. The first-order valence-electron chi connectivity index (χ1n) is 8.12. The molecule has 27 heavy (non-hydrogen) atoms. The molecule has 1 unspecified atom stereocenters. The Morgan fingerprint density at radius 3 is 2.67 bits per heavy atom. The lowest BCUT2D eigenvalue weighted by atomic mass is 10.3. The summed E-state index contributed by atoms with van der Waals surface area (Å²) < 4.78 is 32.4. The summed E-state index contributed by atoms with van der Waals surface area (Å²) in [5.41, 5.74) is 0. The van der Waals surface area contributed by atoms with Gasteiger partial charge in [0.1, 0.15) is 11.8 Å². The summed E-state index contributed by atoms with van der Waals surface area (Å²) in [7, 11) is -3.71. The summed E-state index contributed by atoms with van der Waals surface area (Å²) in [4.78, 5) is 24.0. The van der Waals surface area contributed by atoms with Crippen molar-refractivity contribution >= 4 is 37.8 Å². The first-order valence-corrected chi connectivity index (χ1v) is 10.4. The highest BCUT2D eigenvalue weighted by atomic mass is 79.9. The molecule has 1 atom stereocenters. The molecule has 0 spiro atoms. The van der Waals surface area contributed by atoms with Crippen LogP contribution in [-0.4, -0.2) is 32.8 Å². The van der Waals surface area contributed by atoms with Gasteiger partial charge in [-0.2, -0.15) is 0 Å². The second-order valence-corrected chi connectivity index (χ2v) is 8.37. The third-order valence-electron chi connectivity index (χ3n) is 3.54. The van der Waals surface area contributed by atoms with Crippen LogP contribution in [0, 0.1) is 0 Å². The Bertz CT molecular complexity index is 884.